The van der Waals surface area contributed by atoms with E-state index in [2.05, 4.69) is 51.3 Å². The molecule has 0 aliphatic heterocycles. The summed E-state index contributed by atoms with van der Waals surface area (Å²) in [5.74, 6) is 0.866. The van der Waals surface area contributed by atoms with Gasteiger partial charge in [0, 0.05) is 395 Å². The SMILES string of the molecule is C=C(C)/C=C/c1c(C)cc2oc(-c3ccc(OC(C)=O)cc3)cc(=O)c2c1O.CC(=O)Oc1ccc(-c2cc(=O)c3c(O)c(I)c(C)cc3o2)cc1.CC(=O)Oc1ccc(-c2cc(=O)c3c(O)cc(C)cc3o2)cc1.S=S=S=S=S=S=S=S=S=S=S.S=S=S=S=S=S=S=S=S=S=S=S.S=S=S=S=S=S=S=S=S=S=S=S=S. The van der Waals surface area contributed by atoms with Crippen LogP contribution < -0.4 is 30.5 Å². The molecule has 111 heavy (non-hydrogen) atoms. The summed E-state index contributed by atoms with van der Waals surface area (Å²) < 4.78 is 33.0. The Morgan fingerprint density at radius 1 is 0.387 bits per heavy atom. The lowest BCUT2D eigenvalue weighted by Gasteiger charge is -2.10. The molecular weight excluding hydrogens is 2230 g/mol. The van der Waals surface area contributed by atoms with E-state index in [1.807, 2.05) is 43.4 Å². The lowest BCUT2D eigenvalue weighted by molar-refractivity contribution is -0.132. The highest BCUT2D eigenvalue weighted by atomic mass is 127. The number of fused-ring (bicyclic) bond motifs is 3. The van der Waals surface area contributed by atoms with Gasteiger partial charge in [-0.3, -0.25) is 28.8 Å². The first-order chi connectivity index (χ1) is 53.3. The van der Waals surface area contributed by atoms with E-state index in [-0.39, 0.29) is 49.7 Å². The van der Waals surface area contributed by atoms with Gasteiger partial charge in [-0.15, -0.1) is 0 Å². The number of benzene rings is 6. The molecule has 0 amide bonds. The summed E-state index contributed by atoms with van der Waals surface area (Å²) in [6, 6.07) is 30.6. The predicted molar refractivity (Wildman–Crippen MR) is 559 cm³/mol. The molecule has 0 bridgehead atoms. The van der Waals surface area contributed by atoms with Crippen LogP contribution in [-0.2, 0) is 348 Å². The number of phenols is 3. The van der Waals surface area contributed by atoms with Crippen molar-refractivity contribution in [1.29, 1.82) is 0 Å². The summed E-state index contributed by atoms with van der Waals surface area (Å²) in [5.41, 5.74) is 5.75. The second kappa shape index (κ2) is 59.6. The highest BCUT2D eigenvalue weighted by Gasteiger charge is 2.18. The lowest BCUT2D eigenvalue weighted by atomic mass is 10.0. The van der Waals surface area contributed by atoms with E-state index >= 15 is 0 Å². The van der Waals surface area contributed by atoms with Crippen molar-refractivity contribution in [3.05, 3.63) is 190 Å². The maximum Gasteiger partial charge on any atom is 0.308 e. The quantitative estimate of drug-likeness (QED) is 0.0556. The van der Waals surface area contributed by atoms with Crippen molar-refractivity contribution < 1.29 is 57.2 Å². The van der Waals surface area contributed by atoms with Gasteiger partial charge in [-0.2, -0.15) is 0 Å². The number of esters is 3. The Morgan fingerprint density at radius 3 is 0.946 bits per heavy atom. The van der Waals surface area contributed by atoms with Gasteiger partial charge in [-0.25, -0.2) is 0 Å². The van der Waals surface area contributed by atoms with Gasteiger partial charge in [0.1, 0.15) is 84.7 Å². The summed E-state index contributed by atoms with van der Waals surface area (Å²) in [7, 11) is 48.9. The first kappa shape index (κ1) is 102. The van der Waals surface area contributed by atoms with E-state index in [0.717, 1.165) is 22.3 Å². The van der Waals surface area contributed by atoms with Gasteiger partial charge in [0.2, 0.25) is 0 Å². The van der Waals surface area contributed by atoms with Gasteiger partial charge in [-0.05, 0) is 164 Å². The number of phenolic OH excluding ortho intramolecular Hbond substituents is 3. The number of ether oxygens (including phenoxy) is 3. The van der Waals surface area contributed by atoms with Crippen LogP contribution in [0.15, 0.2) is 161 Å². The summed E-state index contributed by atoms with van der Waals surface area (Å²) in [4.78, 5) is 70.2. The summed E-state index contributed by atoms with van der Waals surface area (Å²) in [5, 5.41) is 31.2. The number of allylic oxidation sites excluding steroid dienone is 2. The van der Waals surface area contributed by atoms with Crippen molar-refractivity contribution in [2.45, 2.75) is 48.5 Å². The molecule has 9 rings (SSSR count). The summed E-state index contributed by atoms with van der Waals surface area (Å²) in [6.45, 7) is 15.1. The predicted octanol–water partition coefficient (Wildman–Crippen LogP) is 12.3. The molecule has 0 aliphatic rings. The third-order valence-electron chi connectivity index (χ3n) is 11.8. The van der Waals surface area contributed by atoms with E-state index in [9.17, 15) is 44.1 Å². The molecule has 0 atom stereocenters. The number of aromatic hydroxyl groups is 3. The molecule has 0 radical (unpaired) electrons. The number of halogens is 1. The number of aryl methyl sites for hydroxylation is 3. The molecule has 596 valence electrons. The zero-order valence-corrected chi connectivity index (χ0v) is 87.7. The van der Waals surface area contributed by atoms with Crippen LogP contribution in [0.1, 0.15) is 49.9 Å². The topological polar surface area (TPSA) is 230 Å². The standard InChI is InChI=1S/C23H20O5.C18H13IO5.C18H14O5.S13.S12.S11/c1-13(2)5-10-18-14(3)11-21-22(23(18)26)19(25)12-20(28-21)16-6-8-17(9-7-16)27-15(4)24;1-9-7-15-16(18(22)17(9)19)13(21)8-14(24-15)11-3-5-12(6-4-11)23-10(2)20;1-10-7-14(20)18-15(21)9-16(23-17(18)8-10)12-3-5-13(6-4-12)22-11(2)19;1-3-5-7-9-11-13-12-10-8-6-4-2;1-3-5-7-9-11-12-10-8-6-4-2;1-3-5-7-9-11-10-8-6-4-2/h5-12,26H,1H2,2-4H3;3-8,22H,1-2H3;3-9,20H,1-2H3;;;/b10-5+;;;;;. The number of carbonyl (C=O) groups excluding carboxylic acids is 3. The smallest absolute Gasteiger partial charge is 0.308 e. The summed E-state index contributed by atoms with van der Waals surface area (Å²) >= 11 is 30.1. The van der Waals surface area contributed by atoms with Crippen molar-refractivity contribution in [1.82, 2.24) is 0 Å². The van der Waals surface area contributed by atoms with Crippen molar-refractivity contribution in [3.8, 4) is 68.5 Å². The van der Waals surface area contributed by atoms with Crippen LogP contribution >= 0.6 is 22.6 Å². The fourth-order valence-electron chi connectivity index (χ4n) is 7.94. The molecule has 0 unspecified atom stereocenters. The minimum atomic E-state index is -0.410. The van der Waals surface area contributed by atoms with Crippen LogP contribution in [0.2, 0.25) is 0 Å². The third-order valence-corrected chi connectivity index (χ3v) is 73.2. The highest BCUT2D eigenvalue weighted by Crippen LogP contribution is 2.36. The van der Waals surface area contributed by atoms with E-state index < -0.39 is 17.9 Å². The average molecular weight is 2280 g/mol. The molecule has 15 nitrogen and oxygen atoms in total. The number of carbonyl (C=O) groups is 3. The monoisotopic (exact) mass is 2270 g/mol. The molecule has 52 heteroatoms. The zero-order chi connectivity index (χ0) is 81.6. The van der Waals surface area contributed by atoms with Crippen LogP contribution in [0.25, 0.3) is 73.0 Å². The molecule has 3 N–H and O–H groups in total. The maximum absolute atomic E-state index is 12.7. The largest absolute Gasteiger partial charge is 0.507 e. The van der Waals surface area contributed by atoms with Crippen LogP contribution in [0.3, 0.4) is 0 Å². The molecule has 0 saturated carbocycles. The zero-order valence-electron chi connectivity index (χ0n) is 56.1. The first-order valence-corrected chi connectivity index (χ1v) is 73.4. The molecule has 0 aliphatic carbocycles. The second-order valence-corrected chi connectivity index (χ2v) is 73.4. The van der Waals surface area contributed by atoms with Gasteiger partial charge < -0.3 is 42.8 Å². The first-order valence-electron chi connectivity index (χ1n) is 28.3. The Kier molecular flexibility index (Phi) is 54.9. The summed E-state index contributed by atoms with van der Waals surface area (Å²) in [6.07, 6.45) is 3.50. The number of hydrogen-bond acceptors (Lipinski definition) is 21. The van der Waals surface area contributed by atoms with Gasteiger partial charge in [0.05, 0.1) is 3.57 Å². The Labute approximate surface area is 764 Å². The van der Waals surface area contributed by atoms with Gasteiger partial charge in [0.25, 0.3) is 0 Å². The third kappa shape index (κ3) is 39.8. The molecule has 3 heterocycles. The Balaban J connectivity index is 0.000000291. The van der Waals surface area contributed by atoms with Crippen molar-refractivity contribution in [2.75, 3.05) is 0 Å². The minimum Gasteiger partial charge on any atom is -0.507 e. The molecular formula is C59H47IO15S36. The molecule has 3 aromatic heterocycles. The van der Waals surface area contributed by atoms with Crippen LogP contribution in [0, 0.1) is 24.3 Å². The lowest BCUT2D eigenvalue weighted by Crippen LogP contribution is -2.03. The fraction of sp³-hybridized carbons (Fsp3) is 0.119. The number of hydrogen-bond donors (Lipinski definition) is 3. The average Bonchev–Trinajstić information content (AvgIpc) is 0.785. The van der Waals surface area contributed by atoms with Crippen LogP contribution in [0.5, 0.6) is 34.5 Å². The molecule has 0 saturated heterocycles. The highest BCUT2D eigenvalue weighted by molar-refractivity contribution is 14.1. The Bertz CT molecular complexity index is 6660. The second-order valence-electron chi connectivity index (χ2n) is 19.2. The maximum atomic E-state index is 12.7. The van der Waals surface area contributed by atoms with Gasteiger partial charge in [-0.1, -0.05) is 24.3 Å². The van der Waals surface area contributed by atoms with Gasteiger partial charge in [0.15, 0.2) is 16.3 Å². The molecule has 0 spiro atoms. The van der Waals surface area contributed by atoms with E-state index in [1.165, 1.54) is 98.3 Å². The van der Waals surface area contributed by atoms with E-state index in [4.69, 9.17) is 49.8 Å². The van der Waals surface area contributed by atoms with Crippen molar-refractivity contribution in [2.24, 2.45) is 0 Å². The number of rotatable bonds is 8. The van der Waals surface area contributed by atoms with Crippen LogP contribution in [-0.4, -0.2) is 33.2 Å². The fourth-order valence-corrected chi connectivity index (χ4v) is 74.2. The van der Waals surface area contributed by atoms with Crippen LogP contribution in [0.4, 0.5) is 0 Å². The molecule has 6 aromatic carbocycles. The van der Waals surface area contributed by atoms with Crippen molar-refractivity contribution >= 4 is 413 Å². The Hall–Kier alpha value is -1.11. The molecule has 9 aromatic rings. The normalized spacial score (nSPS) is 9.62. The Morgan fingerprint density at radius 2 is 0.658 bits per heavy atom. The van der Waals surface area contributed by atoms with E-state index in [0.29, 0.717) is 77.1 Å². The minimum absolute atomic E-state index is 0.0592. The van der Waals surface area contributed by atoms with E-state index in [1.54, 1.807) is 323 Å². The molecule has 0 fully saturated rings. The van der Waals surface area contributed by atoms with Gasteiger partial charge >= 0.3 is 17.9 Å². The van der Waals surface area contributed by atoms with Crippen molar-refractivity contribution in [3.63, 3.8) is 0 Å².